The summed E-state index contributed by atoms with van der Waals surface area (Å²) in [6.07, 6.45) is 3.17. The van der Waals surface area contributed by atoms with Crippen molar-refractivity contribution in [1.29, 1.82) is 0 Å². The third-order valence-corrected chi connectivity index (χ3v) is 6.18. The highest BCUT2D eigenvalue weighted by Gasteiger charge is 2.21. The number of aryl methyl sites for hydroxylation is 1. The van der Waals surface area contributed by atoms with Crippen molar-refractivity contribution in [3.63, 3.8) is 0 Å². The Hall–Kier alpha value is -0.690. The van der Waals surface area contributed by atoms with Gasteiger partial charge < -0.3 is 4.98 Å². The molecule has 1 N–H and O–H groups in total. The van der Waals surface area contributed by atoms with Gasteiger partial charge in [-0.05, 0) is 25.3 Å². The van der Waals surface area contributed by atoms with Crippen LogP contribution in [0.4, 0.5) is 0 Å². The van der Waals surface area contributed by atoms with E-state index in [0.29, 0.717) is 0 Å². The summed E-state index contributed by atoms with van der Waals surface area (Å²) in [5.74, 6) is 0. The van der Waals surface area contributed by atoms with E-state index in [-0.39, 0.29) is 0 Å². The van der Waals surface area contributed by atoms with Crippen LogP contribution in [0, 0.1) is 4.91 Å². The van der Waals surface area contributed by atoms with Crippen molar-refractivity contribution in [2.75, 3.05) is 0 Å². The van der Waals surface area contributed by atoms with Gasteiger partial charge in [0.05, 0.1) is 0 Å². The van der Waals surface area contributed by atoms with Crippen LogP contribution in [0.3, 0.4) is 0 Å². The Morgan fingerprint density at radius 1 is 1.29 bits per heavy atom. The first kappa shape index (κ1) is 11.4. The molecule has 1 aromatic heterocycles. The molecule has 0 fully saturated rings. The van der Waals surface area contributed by atoms with Crippen LogP contribution in [0.15, 0.2) is 28.8 Å². The van der Waals surface area contributed by atoms with E-state index in [9.17, 15) is 4.91 Å². The molecular weight excluding hydrogens is 347 g/mol. The Bertz CT molecular complexity index is 632. The average Bonchev–Trinajstić information content (AvgIpc) is 2.76. The largest absolute Gasteiger partial charge is 0.358 e. The Kier molecular flexibility index (Phi) is 3.04. The topological polar surface area (TPSA) is 45.2 Å². The van der Waals surface area contributed by atoms with Crippen LogP contribution in [0.2, 0.25) is 0 Å². The molecule has 3 nitrogen and oxygen atoms in total. The lowest BCUT2D eigenvalue weighted by atomic mass is 9.95. The maximum absolute atomic E-state index is 10.8. The second-order valence-corrected chi connectivity index (χ2v) is 7.73. The zero-order chi connectivity index (χ0) is 11.8. The van der Waals surface area contributed by atoms with Crippen LogP contribution in [-0.2, 0) is 6.42 Å². The number of nitrogens with zero attached hydrogens (tertiary/aromatic N) is 1. The Morgan fingerprint density at radius 2 is 2.12 bits per heavy atom. The number of aromatic nitrogens is 1. The van der Waals surface area contributed by atoms with Crippen LogP contribution in [0.5, 0.6) is 0 Å². The highest BCUT2D eigenvalue weighted by atomic mass is 127. The van der Waals surface area contributed by atoms with Crippen molar-refractivity contribution in [3.05, 3.63) is 40.4 Å². The molecular formula is C12H11IN2OS. The molecule has 0 spiro atoms. The maximum Gasteiger partial charge on any atom is 0.0462 e. The molecule has 1 heterocycles. The fourth-order valence-corrected chi connectivity index (χ4v) is 4.59. The van der Waals surface area contributed by atoms with Crippen molar-refractivity contribution in [2.24, 2.45) is 4.58 Å². The van der Waals surface area contributed by atoms with Crippen LogP contribution >= 0.6 is 29.0 Å². The summed E-state index contributed by atoms with van der Waals surface area (Å²) in [4.78, 5) is 15.5. The Balaban J connectivity index is 2.35. The van der Waals surface area contributed by atoms with E-state index in [4.69, 9.17) is 0 Å². The molecule has 0 aliphatic heterocycles. The minimum absolute atomic E-state index is 0.523. The van der Waals surface area contributed by atoms with Crippen molar-refractivity contribution in [1.82, 2.24) is 4.98 Å². The number of rotatable bonds is 1. The SMILES string of the molecule is O=N/S(I)=C1\CCCc2[nH]c3ccccc3c21. The zero-order valence-corrected chi connectivity index (χ0v) is 12.0. The predicted octanol–water partition coefficient (Wildman–Crippen LogP) is 4.33. The maximum atomic E-state index is 10.8. The van der Waals surface area contributed by atoms with Crippen molar-refractivity contribution < 1.29 is 0 Å². The highest BCUT2D eigenvalue weighted by molar-refractivity contribution is 14.2. The lowest BCUT2D eigenvalue weighted by Gasteiger charge is -2.15. The van der Waals surface area contributed by atoms with Crippen LogP contribution in [-0.4, -0.2) is 9.85 Å². The molecule has 5 heteroatoms. The van der Waals surface area contributed by atoms with Gasteiger partial charge in [-0.1, -0.05) is 18.2 Å². The van der Waals surface area contributed by atoms with E-state index in [2.05, 4.69) is 42.9 Å². The summed E-state index contributed by atoms with van der Waals surface area (Å²) >= 11 is 2.15. The first-order chi connectivity index (χ1) is 8.31. The molecule has 3 rings (SSSR count). The molecule has 1 atom stereocenters. The van der Waals surface area contributed by atoms with Gasteiger partial charge >= 0.3 is 0 Å². The molecule has 2 aromatic rings. The molecule has 0 amide bonds. The van der Waals surface area contributed by atoms with Crippen LogP contribution in [0.1, 0.15) is 24.1 Å². The molecule has 0 saturated heterocycles. The first-order valence-corrected chi connectivity index (χ1v) is 9.23. The van der Waals surface area contributed by atoms with Crippen molar-refractivity contribution in [3.8, 4) is 0 Å². The van der Waals surface area contributed by atoms with Gasteiger partial charge in [0.25, 0.3) is 0 Å². The normalized spacial score (nSPS) is 19.0. The Morgan fingerprint density at radius 3 is 2.94 bits per heavy atom. The van der Waals surface area contributed by atoms with E-state index in [1.54, 1.807) is 0 Å². The number of benzene rings is 1. The summed E-state index contributed by atoms with van der Waals surface area (Å²) < 4.78 is 3.21. The van der Waals surface area contributed by atoms with E-state index >= 15 is 0 Å². The number of fused-ring (bicyclic) bond motifs is 3. The minimum atomic E-state index is -0.523. The average molecular weight is 358 g/mol. The van der Waals surface area contributed by atoms with Gasteiger partial charge in [-0.2, -0.15) is 0 Å². The van der Waals surface area contributed by atoms with Crippen molar-refractivity contribution in [2.45, 2.75) is 19.3 Å². The highest BCUT2D eigenvalue weighted by Crippen LogP contribution is 2.38. The summed E-state index contributed by atoms with van der Waals surface area (Å²) in [5, 5.41) is 1.23. The van der Waals surface area contributed by atoms with Gasteiger partial charge in [0.2, 0.25) is 0 Å². The van der Waals surface area contributed by atoms with Gasteiger partial charge in [0.15, 0.2) is 0 Å². The molecule has 1 aromatic carbocycles. The first-order valence-electron chi connectivity index (χ1n) is 5.51. The quantitative estimate of drug-likeness (QED) is 0.461. The number of hydrogen-bond acceptors (Lipinski definition) is 2. The minimum Gasteiger partial charge on any atom is -0.358 e. The molecule has 1 aliphatic carbocycles. The van der Waals surface area contributed by atoms with Crippen LogP contribution in [0.25, 0.3) is 10.9 Å². The van der Waals surface area contributed by atoms with Gasteiger partial charge in [0, 0.05) is 60.7 Å². The van der Waals surface area contributed by atoms with E-state index < -0.39 is 7.84 Å². The predicted molar refractivity (Wildman–Crippen MR) is 82.8 cm³/mol. The molecule has 17 heavy (non-hydrogen) atoms. The fourth-order valence-electron chi connectivity index (χ4n) is 2.47. The number of hydrogen-bond donors (Lipinski definition) is 1. The monoisotopic (exact) mass is 358 g/mol. The molecule has 1 unspecified atom stereocenters. The van der Waals surface area contributed by atoms with E-state index in [1.165, 1.54) is 21.5 Å². The summed E-state index contributed by atoms with van der Waals surface area (Å²) in [5.41, 5.74) is 3.69. The summed E-state index contributed by atoms with van der Waals surface area (Å²) in [7, 11) is -0.523. The molecule has 0 bridgehead atoms. The molecule has 88 valence electrons. The van der Waals surface area contributed by atoms with Crippen molar-refractivity contribution >= 4 is 44.8 Å². The second kappa shape index (κ2) is 4.53. The van der Waals surface area contributed by atoms with Gasteiger partial charge in [-0.3, -0.25) is 0 Å². The zero-order valence-electron chi connectivity index (χ0n) is 9.07. The third kappa shape index (κ3) is 1.85. The van der Waals surface area contributed by atoms with Gasteiger partial charge in [0.1, 0.15) is 0 Å². The Labute approximate surface area is 114 Å². The summed E-state index contributed by atoms with van der Waals surface area (Å²) in [6, 6.07) is 8.29. The molecule has 0 saturated carbocycles. The molecule has 0 radical (unpaired) electrons. The van der Waals surface area contributed by atoms with Gasteiger partial charge in [-0.15, -0.1) is 4.91 Å². The number of nitroso groups, excluding NO2 is 1. The lowest BCUT2D eigenvalue weighted by molar-refractivity contribution is 0.829. The number of aromatic amines is 1. The number of para-hydroxylation sites is 1. The smallest absolute Gasteiger partial charge is 0.0462 e. The number of nitrogens with one attached hydrogen (secondary N) is 1. The van der Waals surface area contributed by atoms with E-state index in [0.717, 1.165) is 24.8 Å². The number of H-pyrrole nitrogens is 1. The second-order valence-electron chi connectivity index (χ2n) is 4.11. The third-order valence-electron chi connectivity index (χ3n) is 3.16. The van der Waals surface area contributed by atoms with Crippen LogP contribution < -0.4 is 0 Å². The van der Waals surface area contributed by atoms with Gasteiger partial charge in [-0.25, -0.2) is 0 Å². The lowest BCUT2D eigenvalue weighted by Crippen LogP contribution is -2.09. The molecule has 1 aliphatic rings. The standard InChI is InChI=1S/C12H11IN2OS/c13-17(15-16)11-7-3-6-10-12(11)8-4-1-2-5-9(8)14-10/h1-2,4-5,14H,3,6-7H2. The number of halogens is 1. The van der Waals surface area contributed by atoms with E-state index in [1.807, 2.05) is 12.1 Å². The summed E-state index contributed by atoms with van der Waals surface area (Å²) in [6.45, 7) is 0. The fraction of sp³-hybridized carbons (Fsp3) is 0.250.